The van der Waals surface area contributed by atoms with Crippen LogP contribution in [0.5, 0.6) is 0 Å². The average molecular weight is 374 g/mol. The highest BCUT2D eigenvalue weighted by molar-refractivity contribution is 7.12. The molecular formula is C19H22N2O4S. The number of carbonyl (C=O) groups is 2. The second kappa shape index (κ2) is 6.89. The molecular weight excluding hydrogens is 352 g/mol. The Morgan fingerprint density at radius 2 is 2.23 bits per heavy atom. The minimum atomic E-state index is -0.355. The van der Waals surface area contributed by atoms with E-state index in [0.29, 0.717) is 18.0 Å². The van der Waals surface area contributed by atoms with Crippen molar-refractivity contribution >= 4 is 23.3 Å². The number of rotatable bonds is 6. The first-order chi connectivity index (χ1) is 12.6. The van der Waals surface area contributed by atoms with Crippen LogP contribution in [0.3, 0.4) is 0 Å². The molecule has 1 aromatic heterocycles. The number of aliphatic hydroxyl groups is 1. The molecule has 0 bridgehead atoms. The Hall–Kier alpha value is -2.12. The molecule has 0 radical (unpaired) electrons. The summed E-state index contributed by atoms with van der Waals surface area (Å²) < 4.78 is 5.40. The Morgan fingerprint density at radius 3 is 2.85 bits per heavy atom. The molecule has 0 aromatic carbocycles. The monoisotopic (exact) mass is 374 g/mol. The van der Waals surface area contributed by atoms with Crippen LogP contribution in [-0.4, -0.2) is 47.8 Å². The molecule has 26 heavy (non-hydrogen) atoms. The summed E-state index contributed by atoms with van der Waals surface area (Å²) in [6, 6.07) is 3.60. The number of hydrogen-bond acceptors (Lipinski definition) is 5. The van der Waals surface area contributed by atoms with Crippen molar-refractivity contribution in [3.63, 3.8) is 0 Å². The van der Waals surface area contributed by atoms with E-state index in [2.05, 4.69) is 11.4 Å². The minimum absolute atomic E-state index is 0.00214. The van der Waals surface area contributed by atoms with Gasteiger partial charge in [-0.05, 0) is 43.2 Å². The van der Waals surface area contributed by atoms with E-state index in [1.54, 1.807) is 11.0 Å². The fraction of sp³-hybridized carbons (Fsp3) is 0.474. The summed E-state index contributed by atoms with van der Waals surface area (Å²) in [5, 5.41) is 14.2. The molecule has 138 valence electrons. The van der Waals surface area contributed by atoms with Gasteiger partial charge in [-0.25, -0.2) is 4.79 Å². The van der Waals surface area contributed by atoms with Gasteiger partial charge in [0.05, 0.1) is 24.6 Å². The molecule has 0 spiro atoms. The molecule has 1 aliphatic heterocycles. The van der Waals surface area contributed by atoms with Crippen LogP contribution >= 0.6 is 11.3 Å². The van der Waals surface area contributed by atoms with Gasteiger partial charge in [-0.1, -0.05) is 17.7 Å². The van der Waals surface area contributed by atoms with Gasteiger partial charge in [0.1, 0.15) is 6.10 Å². The molecule has 2 N–H and O–H groups in total. The smallest absolute Gasteiger partial charge is 0.414 e. The van der Waals surface area contributed by atoms with E-state index in [-0.39, 0.29) is 30.1 Å². The van der Waals surface area contributed by atoms with Gasteiger partial charge in [0.15, 0.2) is 0 Å². The molecule has 4 rings (SSSR count). The maximum absolute atomic E-state index is 12.2. The van der Waals surface area contributed by atoms with Gasteiger partial charge in [0.2, 0.25) is 0 Å². The highest BCUT2D eigenvalue weighted by Gasteiger charge is 2.45. The number of cyclic esters (lactones) is 1. The quantitative estimate of drug-likeness (QED) is 0.802. The van der Waals surface area contributed by atoms with Gasteiger partial charge in [-0.15, -0.1) is 11.3 Å². The number of hydrogen-bond donors (Lipinski definition) is 2. The first-order valence-corrected chi connectivity index (χ1v) is 9.80. The Labute approximate surface area is 156 Å². The van der Waals surface area contributed by atoms with Gasteiger partial charge in [0, 0.05) is 11.1 Å². The van der Waals surface area contributed by atoms with Crippen LogP contribution in [0.25, 0.3) is 0 Å². The van der Waals surface area contributed by atoms with Gasteiger partial charge in [-0.2, -0.15) is 0 Å². The van der Waals surface area contributed by atoms with E-state index in [4.69, 9.17) is 4.74 Å². The summed E-state index contributed by atoms with van der Waals surface area (Å²) in [5.74, 6) is -0.141. The fourth-order valence-electron chi connectivity index (χ4n) is 3.59. The molecule has 1 atom stereocenters. The van der Waals surface area contributed by atoms with Crippen molar-refractivity contribution in [2.75, 3.05) is 19.7 Å². The average Bonchev–Trinajstić information content (AvgIpc) is 3.09. The zero-order chi connectivity index (χ0) is 18.1. The van der Waals surface area contributed by atoms with Gasteiger partial charge < -0.3 is 15.2 Å². The number of nitrogens with one attached hydrogen (secondary N) is 1. The molecule has 2 aliphatic carbocycles. The van der Waals surface area contributed by atoms with Gasteiger partial charge in [-0.3, -0.25) is 9.69 Å². The van der Waals surface area contributed by atoms with Crippen molar-refractivity contribution in [1.29, 1.82) is 0 Å². The third-order valence-corrected chi connectivity index (χ3v) is 6.29. The molecule has 2 fully saturated rings. The van der Waals surface area contributed by atoms with E-state index < -0.39 is 0 Å². The lowest BCUT2D eigenvalue weighted by Crippen LogP contribution is -2.34. The predicted octanol–water partition coefficient (Wildman–Crippen LogP) is 2.68. The van der Waals surface area contributed by atoms with E-state index in [9.17, 15) is 14.7 Å². The fourth-order valence-corrected chi connectivity index (χ4v) is 4.23. The van der Waals surface area contributed by atoms with Crippen LogP contribution in [0, 0.1) is 5.41 Å². The summed E-state index contributed by atoms with van der Waals surface area (Å²) in [6.07, 6.45) is 7.08. The van der Waals surface area contributed by atoms with Crippen molar-refractivity contribution < 1.29 is 19.4 Å². The molecule has 6 nitrogen and oxygen atoms in total. The molecule has 2 heterocycles. The van der Waals surface area contributed by atoms with E-state index in [1.807, 2.05) is 17.5 Å². The zero-order valence-corrected chi connectivity index (χ0v) is 15.3. The lowest BCUT2D eigenvalue weighted by atomic mass is 9.88. The number of nitrogens with zero attached hydrogens (tertiary/aromatic N) is 1. The van der Waals surface area contributed by atoms with Crippen LogP contribution in [0.15, 0.2) is 40.9 Å². The Balaban J connectivity index is 1.34. The highest BCUT2D eigenvalue weighted by atomic mass is 32.1. The first-order valence-electron chi connectivity index (χ1n) is 8.92. The molecule has 1 saturated carbocycles. The minimum Gasteiger partial charge on any atom is -0.442 e. The number of thiophene rings is 1. The second-order valence-corrected chi connectivity index (χ2v) is 8.04. The topological polar surface area (TPSA) is 78.9 Å². The van der Waals surface area contributed by atoms with Crippen molar-refractivity contribution in [1.82, 2.24) is 10.2 Å². The summed E-state index contributed by atoms with van der Waals surface area (Å²) in [7, 11) is 0. The van der Waals surface area contributed by atoms with Gasteiger partial charge in [0.25, 0.3) is 5.91 Å². The number of ether oxygens (including phenoxy) is 1. The Kier molecular flexibility index (Phi) is 4.58. The molecule has 1 saturated heterocycles. The van der Waals surface area contributed by atoms with Crippen molar-refractivity contribution in [2.45, 2.75) is 31.8 Å². The molecule has 1 unspecified atom stereocenters. The van der Waals surface area contributed by atoms with Crippen LogP contribution in [0.1, 0.15) is 35.4 Å². The largest absolute Gasteiger partial charge is 0.442 e. The third-order valence-electron chi connectivity index (χ3n) is 5.42. The molecule has 2 amide bonds. The standard InChI is InChI=1S/C19H22N2O4S/c22-12-19(7-8-19)13-3-5-14(6-4-13)21-11-15(25-18(21)24)10-20-17(23)16-2-1-9-26-16/h1-3,5,9,15,22H,4,6-8,10-12H2,(H,20,23). The number of carbonyl (C=O) groups excluding carboxylic acids is 2. The molecule has 1 aromatic rings. The SMILES string of the molecule is O=C(NCC1CN(C2=CC=C(C3(CO)CC3)CC2)C(=O)O1)c1cccs1. The van der Waals surface area contributed by atoms with E-state index in [0.717, 1.165) is 31.4 Å². The lowest BCUT2D eigenvalue weighted by Gasteiger charge is -2.24. The van der Waals surface area contributed by atoms with Crippen LogP contribution in [0.2, 0.25) is 0 Å². The third kappa shape index (κ3) is 3.29. The molecule has 7 heteroatoms. The van der Waals surface area contributed by atoms with Crippen molar-refractivity contribution in [2.24, 2.45) is 5.41 Å². The summed E-state index contributed by atoms with van der Waals surface area (Å²) in [6.45, 7) is 0.963. The molecule has 3 aliphatic rings. The van der Waals surface area contributed by atoms with E-state index in [1.165, 1.54) is 16.9 Å². The first kappa shape index (κ1) is 17.3. The van der Waals surface area contributed by atoms with Crippen molar-refractivity contribution in [3.05, 3.63) is 45.8 Å². The Bertz CT molecular complexity index is 765. The summed E-state index contributed by atoms with van der Waals surface area (Å²) >= 11 is 1.38. The number of aliphatic hydroxyl groups excluding tert-OH is 1. The zero-order valence-electron chi connectivity index (χ0n) is 14.4. The maximum Gasteiger partial charge on any atom is 0.414 e. The van der Waals surface area contributed by atoms with Crippen LogP contribution < -0.4 is 5.32 Å². The summed E-state index contributed by atoms with van der Waals surface area (Å²) in [4.78, 5) is 26.5. The van der Waals surface area contributed by atoms with E-state index >= 15 is 0 Å². The normalized spacial score (nSPS) is 24.0. The van der Waals surface area contributed by atoms with Crippen molar-refractivity contribution in [3.8, 4) is 0 Å². The van der Waals surface area contributed by atoms with Crippen LogP contribution in [-0.2, 0) is 4.74 Å². The highest BCUT2D eigenvalue weighted by Crippen LogP contribution is 2.53. The number of allylic oxidation sites excluding steroid dienone is 3. The Morgan fingerprint density at radius 1 is 1.38 bits per heavy atom. The maximum atomic E-state index is 12.2. The summed E-state index contributed by atoms with van der Waals surface area (Å²) in [5.41, 5.74) is 2.23. The predicted molar refractivity (Wildman–Crippen MR) is 97.8 cm³/mol. The second-order valence-electron chi connectivity index (χ2n) is 7.09. The lowest BCUT2D eigenvalue weighted by molar-refractivity contribution is 0.0919. The number of amides is 2. The van der Waals surface area contributed by atoms with Gasteiger partial charge >= 0.3 is 6.09 Å². The van der Waals surface area contributed by atoms with Crippen LogP contribution in [0.4, 0.5) is 4.79 Å².